The molecule has 0 radical (unpaired) electrons. The first-order valence-electron chi connectivity index (χ1n) is 11.2. The molecule has 0 aliphatic heterocycles. The van der Waals surface area contributed by atoms with E-state index in [9.17, 15) is 35.9 Å². The summed E-state index contributed by atoms with van der Waals surface area (Å²) in [5.74, 6) is -2.81. The number of aliphatic hydroxyl groups excluding tert-OH is 1. The molecule has 1 amide bonds. The Morgan fingerprint density at radius 1 is 1.13 bits per heavy atom. The van der Waals surface area contributed by atoms with Gasteiger partial charge in [-0.05, 0) is 41.8 Å². The van der Waals surface area contributed by atoms with Crippen LogP contribution in [-0.4, -0.2) is 30.7 Å². The summed E-state index contributed by atoms with van der Waals surface area (Å²) in [5, 5.41) is 12.3. The number of ether oxygens (including phenoxy) is 1. The molecule has 1 unspecified atom stereocenters. The molecule has 0 saturated carbocycles. The number of aromatic nitrogens is 1. The van der Waals surface area contributed by atoms with Crippen LogP contribution in [0.15, 0.2) is 54.6 Å². The van der Waals surface area contributed by atoms with Crippen LogP contribution in [0.3, 0.4) is 0 Å². The van der Waals surface area contributed by atoms with E-state index in [1.165, 1.54) is 19.1 Å². The summed E-state index contributed by atoms with van der Waals surface area (Å²) in [6, 6.07) is 12.9. The van der Waals surface area contributed by atoms with Gasteiger partial charge in [-0.2, -0.15) is 13.2 Å². The van der Waals surface area contributed by atoms with Crippen molar-refractivity contribution >= 4 is 21.6 Å². The van der Waals surface area contributed by atoms with Gasteiger partial charge in [0.2, 0.25) is 21.8 Å². The van der Waals surface area contributed by atoms with Gasteiger partial charge in [0.1, 0.15) is 18.1 Å². The lowest BCUT2D eigenvalue weighted by Crippen LogP contribution is -2.28. The van der Waals surface area contributed by atoms with E-state index >= 15 is 0 Å². The van der Waals surface area contributed by atoms with Crippen molar-refractivity contribution in [2.24, 2.45) is 0 Å². The van der Waals surface area contributed by atoms with Gasteiger partial charge in [0.05, 0.1) is 24.5 Å². The first kappa shape index (κ1) is 28.9. The molecule has 3 rings (SSSR count). The van der Waals surface area contributed by atoms with E-state index in [-0.39, 0.29) is 35.5 Å². The maximum atomic E-state index is 14.4. The maximum Gasteiger partial charge on any atom is 0.433 e. The van der Waals surface area contributed by atoms with E-state index in [2.05, 4.69) is 10.3 Å². The van der Waals surface area contributed by atoms with E-state index in [1.54, 1.807) is 30.3 Å². The molecule has 204 valence electrons. The van der Waals surface area contributed by atoms with Crippen molar-refractivity contribution in [1.82, 2.24) is 10.3 Å². The van der Waals surface area contributed by atoms with Crippen LogP contribution in [-0.2, 0) is 40.8 Å². The predicted molar refractivity (Wildman–Crippen MR) is 131 cm³/mol. The first-order valence-corrected chi connectivity index (χ1v) is 13.1. The van der Waals surface area contributed by atoms with Crippen LogP contribution in [0.25, 0.3) is 0 Å². The molecular weight excluding hydrogens is 530 g/mol. The average Bonchev–Trinajstić information content (AvgIpc) is 2.85. The van der Waals surface area contributed by atoms with E-state index in [1.807, 2.05) is 4.72 Å². The van der Waals surface area contributed by atoms with Crippen LogP contribution < -0.4 is 14.8 Å². The Morgan fingerprint density at radius 2 is 1.82 bits per heavy atom. The molecule has 0 fully saturated rings. The topological polar surface area (TPSA) is 118 Å². The van der Waals surface area contributed by atoms with Gasteiger partial charge in [-0.1, -0.05) is 36.4 Å². The van der Waals surface area contributed by atoms with Gasteiger partial charge in [-0.3, -0.25) is 9.52 Å². The van der Waals surface area contributed by atoms with Crippen molar-refractivity contribution in [1.29, 1.82) is 0 Å². The molecule has 38 heavy (non-hydrogen) atoms. The van der Waals surface area contributed by atoms with Gasteiger partial charge >= 0.3 is 6.18 Å². The molecule has 8 nitrogen and oxygen atoms in total. The van der Waals surface area contributed by atoms with Crippen molar-refractivity contribution < 1.29 is 40.6 Å². The molecule has 2 aromatic carbocycles. The Kier molecular flexibility index (Phi) is 8.94. The Balaban J connectivity index is 1.83. The number of amides is 1. The van der Waals surface area contributed by atoms with Crippen molar-refractivity contribution in [2.45, 2.75) is 38.8 Å². The number of nitrogens with one attached hydrogen (secondary N) is 2. The number of hydrogen-bond acceptors (Lipinski definition) is 6. The fourth-order valence-corrected chi connectivity index (χ4v) is 4.05. The van der Waals surface area contributed by atoms with Gasteiger partial charge < -0.3 is 15.2 Å². The van der Waals surface area contributed by atoms with Gasteiger partial charge in [-0.15, -0.1) is 0 Å². The quantitative estimate of drug-likeness (QED) is 0.324. The number of anilines is 1. The molecule has 3 N–H and O–H groups in total. The molecule has 1 aromatic heterocycles. The Labute approximate surface area is 216 Å². The lowest BCUT2D eigenvalue weighted by Gasteiger charge is -2.19. The molecule has 0 spiro atoms. The number of rotatable bonds is 10. The van der Waals surface area contributed by atoms with E-state index in [4.69, 9.17) is 4.74 Å². The number of aliphatic hydroxyl groups is 1. The minimum atomic E-state index is -4.80. The summed E-state index contributed by atoms with van der Waals surface area (Å²) in [6.07, 6.45) is -3.93. The molecular formula is C25H25F4N3O5S. The van der Waals surface area contributed by atoms with Gasteiger partial charge in [0, 0.05) is 12.1 Å². The maximum absolute atomic E-state index is 14.4. The molecule has 0 aliphatic carbocycles. The number of hydrogen-bond donors (Lipinski definition) is 3. The molecule has 0 aliphatic rings. The summed E-state index contributed by atoms with van der Waals surface area (Å²) >= 11 is 0. The summed E-state index contributed by atoms with van der Waals surface area (Å²) in [4.78, 5) is 16.4. The number of alkyl halides is 3. The highest BCUT2D eigenvalue weighted by Gasteiger charge is 2.34. The number of carbonyl (C=O) groups excluding carboxylic acids is 1. The second kappa shape index (κ2) is 11.8. The van der Waals surface area contributed by atoms with Crippen molar-refractivity contribution in [2.75, 3.05) is 11.0 Å². The third kappa shape index (κ3) is 7.65. The van der Waals surface area contributed by atoms with Crippen LogP contribution in [0.1, 0.15) is 40.8 Å². The standard InChI is InChI=1S/C25H25F4N3O5S/c1-15(17-8-9-21(20(26)10-17)32-38(2,35)36)23(34)30-12-19-18(13-33)11-22(25(27,28)29)31-24(19)37-14-16-6-4-3-5-7-16/h3-11,15,32-33H,12-14H2,1-2H3,(H,30,34). The number of sulfonamides is 1. The van der Waals surface area contributed by atoms with Crippen LogP contribution in [0, 0.1) is 5.82 Å². The zero-order chi connectivity index (χ0) is 28.1. The smallest absolute Gasteiger partial charge is 0.433 e. The molecule has 0 bridgehead atoms. The van der Waals surface area contributed by atoms with Gasteiger partial charge in [-0.25, -0.2) is 17.8 Å². The largest absolute Gasteiger partial charge is 0.473 e. The second-order valence-electron chi connectivity index (χ2n) is 8.43. The zero-order valence-corrected chi connectivity index (χ0v) is 21.2. The van der Waals surface area contributed by atoms with E-state index in [0.29, 0.717) is 11.6 Å². The van der Waals surface area contributed by atoms with E-state index in [0.717, 1.165) is 12.3 Å². The third-order valence-electron chi connectivity index (χ3n) is 5.48. The van der Waals surface area contributed by atoms with Gasteiger partial charge in [0.15, 0.2) is 0 Å². The SMILES string of the molecule is CC(C(=O)NCc1c(CO)cc(C(F)(F)F)nc1OCc1ccccc1)c1ccc(NS(C)(=O)=O)c(F)c1. The number of halogens is 4. The highest BCUT2D eigenvalue weighted by atomic mass is 32.2. The number of benzene rings is 2. The predicted octanol–water partition coefficient (Wildman–Crippen LogP) is 4.10. The lowest BCUT2D eigenvalue weighted by molar-refractivity contribution is -0.141. The highest BCUT2D eigenvalue weighted by molar-refractivity contribution is 7.92. The van der Waals surface area contributed by atoms with Crippen molar-refractivity contribution in [3.05, 3.63) is 88.4 Å². The minimum absolute atomic E-state index is 0.0517. The molecule has 13 heteroatoms. The van der Waals surface area contributed by atoms with Crippen LogP contribution in [0.5, 0.6) is 5.88 Å². The zero-order valence-electron chi connectivity index (χ0n) is 20.3. The molecule has 0 saturated heterocycles. The normalized spacial score (nSPS) is 12.6. The molecule has 1 atom stereocenters. The number of nitrogens with zero attached hydrogens (tertiary/aromatic N) is 1. The number of carbonyl (C=O) groups is 1. The number of pyridine rings is 1. The molecule has 3 aromatic rings. The van der Waals surface area contributed by atoms with E-state index < -0.39 is 52.0 Å². The van der Waals surface area contributed by atoms with Crippen LogP contribution >= 0.6 is 0 Å². The average molecular weight is 556 g/mol. The Bertz CT molecular complexity index is 1400. The second-order valence-corrected chi connectivity index (χ2v) is 10.2. The van der Waals surface area contributed by atoms with Crippen molar-refractivity contribution in [3.8, 4) is 5.88 Å². The van der Waals surface area contributed by atoms with Crippen molar-refractivity contribution in [3.63, 3.8) is 0 Å². The highest BCUT2D eigenvalue weighted by Crippen LogP contribution is 2.33. The third-order valence-corrected chi connectivity index (χ3v) is 6.07. The Morgan fingerprint density at radius 3 is 2.39 bits per heavy atom. The summed E-state index contributed by atoms with van der Waals surface area (Å²) in [6.45, 7) is 0.266. The minimum Gasteiger partial charge on any atom is -0.473 e. The molecule has 1 heterocycles. The summed E-state index contributed by atoms with van der Waals surface area (Å²) in [7, 11) is -3.71. The van der Waals surface area contributed by atoms with Gasteiger partial charge in [0.25, 0.3) is 0 Å². The summed E-state index contributed by atoms with van der Waals surface area (Å²) in [5.41, 5.74) is -0.732. The Hall–Kier alpha value is -3.71. The summed E-state index contributed by atoms with van der Waals surface area (Å²) < 4.78 is 84.8. The monoisotopic (exact) mass is 555 g/mol. The lowest BCUT2D eigenvalue weighted by atomic mass is 9.99. The first-order chi connectivity index (χ1) is 17.8. The van der Waals surface area contributed by atoms with Crippen LogP contribution in [0.2, 0.25) is 0 Å². The fraction of sp³-hybridized carbons (Fsp3) is 0.280. The van der Waals surface area contributed by atoms with Crippen LogP contribution in [0.4, 0.5) is 23.2 Å². The fourth-order valence-electron chi connectivity index (χ4n) is 3.48.